The predicted molar refractivity (Wildman–Crippen MR) is 48.4 cm³/mol. The number of rotatable bonds is 3. The number of hydrogen-bond acceptors (Lipinski definition) is 2. The molecule has 3 heteroatoms. The van der Waals surface area contributed by atoms with E-state index in [9.17, 15) is 9.59 Å². The normalized spacial score (nSPS) is 28.8. The Morgan fingerprint density at radius 2 is 2.31 bits per heavy atom. The molecule has 1 aliphatic rings. The van der Waals surface area contributed by atoms with Crippen LogP contribution < -0.4 is 0 Å². The third-order valence-electron chi connectivity index (χ3n) is 2.77. The molecule has 1 N–H and O–H groups in total. The van der Waals surface area contributed by atoms with Crippen molar-refractivity contribution in [3.8, 4) is 0 Å². The third-order valence-corrected chi connectivity index (χ3v) is 2.77. The van der Waals surface area contributed by atoms with E-state index in [1.54, 1.807) is 0 Å². The van der Waals surface area contributed by atoms with E-state index in [2.05, 4.69) is 0 Å². The van der Waals surface area contributed by atoms with Gasteiger partial charge in [-0.2, -0.15) is 0 Å². The second kappa shape index (κ2) is 4.40. The van der Waals surface area contributed by atoms with Crippen molar-refractivity contribution in [1.82, 2.24) is 0 Å². The lowest BCUT2D eigenvalue weighted by Crippen LogP contribution is -2.30. The van der Waals surface area contributed by atoms with Crippen molar-refractivity contribution in [2.24, 2.45) is 11.8 Å². The SMILES string of the molecule is CCCC1CC(=O)CCC1C(=O)O. The van der Waals surface area contributed by atoms with Crippen LogP contribution in [-0.4, -0.2) is 16.9 Å². The van der Waals surface area contributed by atoms with E-state index in [0.717, 1.165) is 12.8 Å². The predicted octanol–water partition coefficient (Wildman–Crippen LogP) is 1.86. The van der Waals surface area contributed by atoms with E-state index < -0.39 is 5.97 Å². The Morgan fingerprint density at radius 1 is 1.62 bits per heavy atom. The lowest BCUT2D eigenvalue weighted by molar-refractivity contribution is -0.146. The van der Waals surface area contributed by atoms with Gasteiger partial charge in [-0.05, 0) is 18.8 Å². The standard InChI is InChI=1S/C10H16O3/c1-2-3-7-6-8(11)4-5-9(7)10(12)13/h7,9H,2-6H2,1H3,(H,12,13). The van der Waals surface area contributed by atoms with Gasteiger partial charge in [-0.3, -0.25) is 9.59 Å². The van der Waals surface area contributed by atoms with E-state index >= 15 is 0 Å². The van der Waals surface area contributed by atoms with Crippen molar-refractivity contribution >= 4 is 11.8 Å². The molecule has 0 aromatic carbocycles. The molecule has 1 fully saturated rings. The van der Waals surface area contributed by atoms with E-state index in [0.29, 0.717) is 19.3 Å². The molecule has 0 radical (unpaired) electrons. The first kappa shape index (κ1) is 10.2. The van der Waals surface area contributed by atoms with Crippen LogP contribution in [0.25, 0.3) is 0 Å². The molecule has 3 nitrogen and oxygen atoms in total. The Labute approximate surface area is 78.1 Å². The fourth-order valence-corrected chi connectivity index (χ4v) is 2.09. The lowest BCUT2D eigenvalue weighted by Gasteiger charge is -2.27. The maximum atomic E-state index is 11.1. The van der Waals surface area contributed by atoms with Crippen LogP contribution in [0.3, 0.4) is 0 Å². The fourth-order valence-electron chi connectivity index (χ4n) is 2.09. The topological polar surface area (TPSA) is 54.4 Å². The first-order chi connectivity index (χ1) is 6.15. The Kier molecular flexibility index (Phi) is 3.46. The lowest BCUT2D eigenvalue weighted by atomic mass is 9.76. The van der Waals surface area contributed by atoms with Gasteiger partial charge in [0.15, 0.2) is 0 Å². The molecule has 0 aromatic rings. The van der Waals surface area contributed by atoms with Crippen molar-refractivity contribution < 1.29 is 14.7 Å². The maximum absolute atomic E-state index is 11.1. The molecule has 74 valence electrons. The highest BCUT2D eigenvalue weighted by Crippen LogP contribution is 2.31. The van der Waals surface area contributed by atoms with Crippen molar-refractivity contribution in [3.05, 3.63) is 0 Å². The first-order valence-corrected chi connectivity index (χ1v) is 4.89. The number of Topliss-reactive ketones (excluding diaryl/α,β-unsaturated/α-hetero) is 1. The molecule has 0 spiro atoms. The summed E-state index contributed by atoms with van der Waals surface area (Å²) in [7, 11) is 0. The molecule has 1 saturated carbocycles. The highest BCUT2D eigenvalue weighted by molar-refractivity contribution is 5.82. The Morgan fingerprint density at radius 3 is 2.85 bits per heavy atom. The van der Waals surface area contributed by atoms with Crippen LogP contribution in [0.2, 0.25) is 0 Å². The van der Waals surface area contributed by atoms with Crippen molar-refractivity contribution in [2.75, 3.05) is 0 Å². The zero-order valence-corrected chi connectivity index (χ0v) is 7.95. The van der Waals surface area contributed by atoms with Crippen LogP contribution in [0.4, 0.5) is 0 Å². The number of hydrogen-bond donors (Lipinski definition) is 1. The smallest absolute Gasteiger partial charge is 0.306 e. The van der Waals surface area contributed by atoms with Crippen molar-refractivity contribution in [2.45, 2.75) is 39.0 Å². The molecule has 0 amide bonds. The summed E-state index contributed by atoms with van der Waals surface area (Å²) in [5, 5.41) is 8.91. The van der Waals surface area contributed by atoms with Crippen LogP contribution in [0, 0.1) is 11.8 Å². The van der Waals surface area contributed by atoms with Gasteiger partial charge in [-0.25, -0.2) is 0 Å². The number of carbonyl (C=O) groups excluding carboxylic acids is 1. The van der Waals surface area contributed by atoms with E-state index in [-0.39, 0.29) is 17.6 Å². The molecule has 2 unspecified atom stereocenters. The summed E-state index contributed by atoms with van der Waals surface area (Å²) in [6, 6.07) is 0. The second-order valence-electron chi connectivity index (χ2n) is 3.77. The highest BCUT2D eigenvalue weighted by Gasteiger charge is 2.33. The van der Waals surface area contributed by atoms with Gasteiger partial charge in [0, 0.05) is 12.8 Å². The van der Waals surface area contributed by atoms with Crippen LogP contribution in [-0.2, 0) is 9.59 Å². The summed E-state index contributed by atoms with van der Waals surface area (Å²) in [6.07, 6.45) is 3.30. The summed E-state index contributed by atoms with van der Waals surface area (Å²) >= 11 is 0. The molecule has 0 aliphatic heterocycles. The molecule has 0 bridgehead atoms. The van der Waals surface area contributed by atoms with Crippen LogP contribution >= 0.6 is 0 Å². The van der Waals surface area contributed by atoms with Gasteiger partial charge >= 0.3 is 5.97 Å². The molecular weight excluding hydrogens is 168 g/mol. The zero-order valence-electron chi connectivity index (χ0n) is 7.95. The minimum atomic E-state index is -0.731. The van der Waals surface area contributed by atoms with Crippen LogP contribution in [0.15, 0.2) is 0 Å². The minimum absolute atomic E-state index is 0.0868. The molecule has 0 aromatic heterocycles. The van der Waals surface area contributed by atoms with Gasteiger partial charge in [0.2, 0.25) is 0 Å². The Hall–Kier alpha value is -0.860. The molecule has 0 saturated heterocycles. The summed E-state index contributed by atoms with van der Waals surface area (Å²) < 4.78 is 0. The number of carboxylic acid groups (broad SMARTS) is 1. The Balaban J connectivity index is 2.60. The van der Waals surface area contributed by atoms with E-state index in [1.165, 1.54) is 0 Å². The van der Waals surface area contributed by atoms with Gasteiger partial charge in [0.1, 0.15) is 5.78 Å². The number of ketones is 1. The van der Waals surface area contributed by atoms with Gasteiger partial charge in [0.25, 0.3) is 0 Å². The van der Waals surface area contributed by atoms with Crippen LogP contribution in [0.5, 0.6) is 0 Å². The Bertz CT molecular complexity index is 210. The highest BCUT2D eigenvalue weighted by atomic mass is 16.4. The van der Waals surface area contributed by atoms with Gasteiger partial charge in [0.05, 0.1) is 5.92 Å². The van der Waals surface area contributed by atoms with Crippen LogP contribution in [0.1, 0.15) is 39.0 Å². The largest absolute Gasteiger partial charge is 0.481 e. The molecule has 13 heavy (non-hydrogen) atoms. The molecule has 1 rings (SSSR count). The van der Waals surface area contributed by atoms with Crippen molar-refractivity contribution in [1.29, 1.82) is 0 Å². The zero-order chi connectivity index (χ0) is 9.84. The monoisotopic (exact) mass is 184 g/mol. The van der Waals surface area contributed by atoms with E-state index in [4.69, 9.17) is 5.11 Å². The minimum Gasteiger partial charge on any atom is -0.481 e. The number of carboxylic acids is 1. The number of carbonyl (C=O) groups is 2. The molecule has 2 atom stereocenters. The summed E-state index contributed by atoms with van der Waals surface area (Å²) in [5.74, 6) is -0.691. The first-order valence-electron chi connectivity index (χ1n) is 4.89. The second-order valence-corrected chi connectivity index (χ2v) is 3.77. The van der Waals surface area contributed by atoms with Gasteiger partial charge in [-0.15, -0.1) is 0 Å². The molecule has 1 aliphatic carbocycles. The van der Waals surface area contributed by atoms with Crippen molar-refractivity contribution in [3.63, 3.8) is 0 Å². The molecular formula is C10H16O3. The fraction of sp³-hybridized carbons (Fsp3) is 0.800. The summed E-state index contributed by atoms with van der Waals surface area (Å²) in [5.41, 5.74) is 0. The summed E-state index contributed by atoms with van der Waals surface area (Å²) in [6.45, 7) is 2.03. The average Bonchev–Trinajstić information content (AvgIpc) is 2.04. The van der Waals surface area contributed by atoms with Gasteiger partial charge < -0.3 is 5.11 Å². The number of aliphatic carboxylic acids is 1. The molecule has 0 heterocycles. The van der Waals surface area contributed by atoms with Gasteiger partial charge in [-0.1, -0.05) is 13.3 Å². The quantitative estimate of drug-likeness (QED) is 0.728. The maximum Gasteiger partial charge on any atom is 0.306 e. The van der Waals surface area contributed by atoms with E-state index in [1.807, 2.05) is 6.92 Å². The third kappa shape index (κ3) is 2.54. The average molecular weight is 184 g/mol. The summed E-state index contributed by atoms with van der Waals surface area (Å²) in [4.78, 5) is 22.0.